The van der Waals surface area contributed by atoms with Crippen LogP contribution in [0.15, 0.2) is 77.8 Å². The Hall–Kier alpha value is -2.98. The van der Waals surface area contributed by atoms with Gasteiger partial charge in [0.2, 0.25) is 0 Å². The van der Waals surface area contributed by atoms with Crippen LogP contribution in [0.4, 0.5) is 4.39 Å². The molecule has 0 saturated carbocycles. The molecule has 4 rings (SSSR count). The fourth-order valence-electron chi connectivity index (χ4n) is 3.57. The number of hydrogen-bond acceptors (Lipinski definition) is 3. The van der Waals surface area contributed by atoms with Crippen molar-refractivity contribution in [1.82, 2.24) is 5.32 Å². The summed E-state index contributed by atoms with van der Waals surface area (Å²) in [5, 5.41) is 14.1. The Labute approximate surface area is 164 Å². The normalized spacial score (nSPS) is 14.9. The molecule has 0 amide bonds. The van der Waals surface area contributed by atoms with Gasteiger partial charge in [-0.1, -0.05) is 60.7 Å². The van der Waals surface area contributed by atoms with Crippen LogP contribution in [0.5, 0.6) is 0 Å². The van der Waals surface area contributed by atoms with Crippen molar-refractivity contribution < 1.29 is 9.50 Å². The lowest BCUT2D eigenvalue weighted by Crippen LogP contribution is -2.34. The van der Waals surface area contributed by atoms with Crippen LogP contribution < -0.4 is 5.32 Å². The number of benzene rings is 3. The summed E-state index contributed by atoms with van der Waals surface area (Å²) in [5.74, 6) is 0.417. The molecule has 0 radical (unpaired) electrons. The SMILES string of the molecule is OC(C1=NCCCN1)c1ccccc1-c1cccc(Cc2ccc(F)cc2)c1. The van der Waals surface area contributed by atoms with Crippen molar-refractivity contribution in [2.75, 3.05) is 13.1 Å². The molecule has 0 aliphatic carbocycles. The number of aliphatic hydroxyl groups is 1. The largest absolute Gasteiger partial charge is 0.380 e. The fourth-order valence-corrected chi connectivity index (χ4v) is 3.57. The van der Waals surface area contributed by atoms with E-state index in [9.17, 15) is 9.50 Å². The Morgan fingerprint density at radius 2 is 1.79 bits per heavy atom. The summed E-state index contributed by atoms with van der Waals surface area (Å²) < 4.78 is 13.1. The Kier molecular flexibility index (Phi) is 5.49. The van der Waals surface area contributed by atoms with E-state index < -0.39 is 6.10 Å². The highest BCUT2D eigenvalue weighted by Crippen LogP contribution is 2.30. The molecule has 1 aliphatic rings. The molecule has 28 heavy (non-hydrogen) atoms. The highest BCUT2D eigenvalue weighted by atomic mass is 19.1. The second-order valence-corrected chi connectivity index (χ2v) is 7.04. The van der Waals surface area contributed by atoms with E-state index in [4.69, 9.17) is 0 Å². The third-order valence-electron chi connectivity index (χ3n) is 5.00. The molecule has 2 N–H and O–H groups in total. The van der Waals surface area contributed by atoms with Crippen molar-refractivity contribution in [2.45, 2.75) is 18.9 Å². The number of nitrogens with zero attached hydrogens (tertiary/aromatic N) is 1. The Bertz CT molecular complexity index is 982. The van der Waals surface area contributed by atoms with Gasteiger partial charge in [0, 0.05) is 13.1 Å². The van der Waals surface area contributed by atoms with Crippen molar-refractivity contribution in [3.8, 4) is 11.1 Å². The molecule has 3 aromatic rings. The maximum Gasteiger partial charge on any atom is 0.136 e. The van der Waals surface area contributed by atoms with Gasteiger partial charge in [0.25, 0.3) is 0 Å². The van der Waals surface area contributed by atoms with Crippen LogP contribution in [-0.2, 0) is 6.42 Å². The molecule has 3 nitrogen and oxygen atoms in total. The third kappa shape index (κ3) is 4.12. The van der Waals surface area contributed by atoms with E-state index in [0.29, 0.717) is 5.84 Å². The molecule has 0 spiro atoms. The van der Waals surface area contributed by atoms with Gasteiger partial charge in [-0.25, -0.2) is 4.39 Å². The lowest BCUT2D eigenvalue weighted by molar-refractivity contribution is 0.241. The number of amidine groups is 1. The van der Waals surface area contributed by atoms with Crippen LogP contribution in [0.3, 0.4) is 0 Å². The first kappa shape index (κ1) is 18.4. The molecular weight excluding hydrogens is 351 g/mol. The summed E-state index contributed by atoms with van der Waals surface area (Å²) in [5.41, 5.74) is 5.08. The van der Waals surface area contributed by atoms with Crippen molar-refractivity contribution in [3.63, 3.8) is 0 Å². The maximum absolute atomic E-state index is 13.1. The number of nitrogens with one attached hydrogen (secondary N) is 1. The van der Waals surface area contributed by atoms with E-state index in [1.54, 1.807) is 0 Å². The third-order valence-corrected chi connectivity index (χ3v) is 5.00. The van der Waals surface area contributed by atoms with Crippen LogP contribution >= 0.6 is 0 Å². The van der Waals surface area contributed by atoms with Gasteiger partial charge in [-0.2, -0.15) is 0 Å². The lowest BCUT2D eigenvalue weighted by Gasteiger charge is -2.22. The zero-order chi connectivity index (χ0) is 19.3. The molecule has 0 saturated heterocycles. The molecule has 0 fully saturated rings. The van der Waals surface area contributed by atoms with E-state index in [2.05, 4.69) is 28.5 Å². The second kappa shape index (κ2) is 8.36. The first-order valence-corrected chi connectivity index (χ1v) is 9.60. The van der Waals surface area contributed by atoms with Gasteiger partial charge in [0.1, 0.15) is 17.8 Å². The van der Waals surface area contributed by atoms with Crippen LogP contribution in [0.25, 0.3) is 11.1 Å². The first-order valence-electron chi connectivity index (χ1n) is 9.60. The van der Waals surface area contributed by atoms with Crippen molar-refractivity contribution in [2.24, 2.45) is 4.99 Å². The standard InChI is InChI=1S/C24H23FN2O/c25-20-11-9-17(10-12-20)15-18-5-3-6-19(16-18)21-7-1-2-8-22(21)23(28)24-26-13-4-14-27-24/h1-3,5-12,16,23,28H,4,13-15H2,(H,26,27). The summed E-state index contributed by atoms with van der Waals surface area (Å²) in [7, 11) is 0. The van der Waals surface area contributed by atoms with Gasteiger partial charge in [-0.3, -0.25) is 4.99 Å². The fraction of sp³-hybridized carbons (Fsp3) is 0.208. The smallest absolute Gasteiger partial charge is 0.136 e. The number of aliphatic imine (C=N–C) groups is 1. The molecule has 1 unspecified atom stereocenters. The topological polar surface area (TPSA) is 44.6 Å². The quantitative estimate of drug-likeness (QED) is 0.690. The van der Waals surface area contributed by atoms with E-state index in [1.807, 2.05) is 42.5 Å². The zero-order valence-corrected chi connectivity index (χ0v) is 15.6. The average molecular weight is 374 g/mol. The number of halogens is 1. The molecule has 4 heteroatoms. The summed E-state index contributed by atoms with van der Waals surface area (Å²) in [6.45, 7) is 1.58. The Morgan fingerprint density at radius 1 is 0.964 bits per heavy atom. The minimum Gasteiger partial charge on any atom is -0.380 e. The predicted molar refractivity (Wildman–Crippen MR) is 111 cm³/mol. The molecule has 1 atom stereocenters. The highest BCUT2D eigenvalue weighted by Gasteiger charge is 2.20. The lowest BCUT2D eigenvalue weighted by atomic mass is 9.93. The minimum absolute atomic E-state index is 0.223. The van der Waals surface area contributed by atoms with Crippen LogP contribution in [0, 0.1) is 5.82 Å². The van der Waals surface area contributed by atoms with Crippen molar-refractivity contribution in [3.05, 3.63) is 95.3 Å². The monoisotopic (exact) mass is 374 g/mol. The summed E-state index contributed by atoms with van der Waals surface area (Å²) in [6, 6.07) is 22.8. The Balaban J connectivity index is 1.64. The zero-order valence-electron chi connectivity index (χ0n) is 15.6. The predicted octanol–water partition coefficient (Wildman–Crippen LogP) is 4.51. The number of aliphatic hydroxyl groups excluding tert-OH is 1. The number of rotatable bonds is 5. The maximum atomic E-state index is 13.1. The van der Waals surface area contributed by atoms with Crippen LogP contribution in [-0.4, -0.2) is 24.0 Å². The van der Waals surface area contributed by atoms with Gasteiger partial charge in [0.15, 0.2) is 0 Å². The molecule has 1 aliphatic heterocycles. The molecular formula is C24H23FN2O. The van der Waals surface area contributed by atoms with Gasteiger partial charge in [0.05, 0.1) is 0 Å². The summed E-state index contributed by atoms with van der Waals surface area (Å²) in [6.07, 6.45) is 0.952. The van der Waals surface area contributed by atoms with E-state index in [0.717, 1.165) is 53.7 Å². The van der Waals surface area contributed by atoms with Crippen molar-refractivity contribution in [1.29, 1.82) is 0 Å². The van der Waals surface area contributed by atoms with E-state index >= 15 is 0 Å². The average Bonchev–Trinajstić information content (AvgIpc) is 2.76. The Morgan fingerprint density at radius 3 is 2.57 bits per heavy atom. The summed E-state index contributed by atoms with van der Waals surface area (Å²) in [4.78, 5) is 4.45. The van der Waals surface area contributed by atoms with Crippen molar-refractivity contribution >= 4 is 5.84 Å². The molecule has 3 aromatic carbocycles. The highest BCUT2D eigenvalue weighted by molar-refractivity contribution is 5.90. The van der Waals surface area contributed by atoms with Crippen LogP contribution in [0.2, 0.25) is 0 Å². The second-order valence-electron chi connectivity index (χ2n) is 7.04. The first-order chi connectivity index (χ1) is 13.7. The van der Waals surface area contributed by atoms with Crippen LogP contribution in [0.1, 0.15) is 29.2 Å². The molecule has 142 valence electrons. The number of hydrogen-bond donors (Lipinski definition) is 2. The van der Waals surface area contributed by atoms with E-state index in [-0.39, 0.29) is 5.82 Å². The molecule has 0 bridgehead atoms. The minimum atomic E-state index is -0.766. The van der Waals surface area contributed by atoms with Gasteiger partial charge in [-0.15, -0.1) is 0 Å². The molecule has 0 aromatic heterocycles. The van der Waals surface area contributed by atoms with Gasteiger partial charge in [-0.05, 0) is 52.8 Å². The summed E-state index contributed by atoms with van der Waals surface area (Å²) >= 11 is 0. The van der Waals surface area contributed by atoms with E-state index in [1.165, 1.54) is 12.1 Å². The molecule has 1 heterocycles. The van der Waals surface area contributed by atoms with Gasteiger partial charge >= 0.3 is 0 Å². The van der Waals surface area contributed by atoms with Gasteiger partial charge < -0.3 is 10.4 Å².